The van der Waals surface area contributed by atoms with Crippen molar-refractivity contribution >= 4 is 29.0 Å². The number of nitrogens with one attached hydrogen (secondary N) is 2. The molecule has 1 aliphatic heterocycles. The number of rotatable bonds is 4. The fraction of sp³-hybridized carbons (Fsp3) is 0.300. The molecule has 1 saturated heterocycles. The standard InChI is InChI=1S/C20H17F3N6O2/c21-10-1-2-13(22)12(5-10)17-6-11(30)9-28(17)18-3-4-29-19(27-18)16(8-24-29)26-20(31)25-15-7-14(15)23/h1-5,8,14-15,17H,6-7,9H2,(H2,25,26,31)/t14-,15+,17-/m1/s1. The summed E-state index contributed by atoms with van der Waals surface area (Å²) in [6.45, 7) is -0.0131. The number of urea groups is 1. The van der Waals surface area contributed by atoms with E-state index < -0.39 is 35.9 Å². The van der Waals surface area contributed by atoms with Crippen LogP contribution in [0.5, 0.6) is 0 Å². The molecule has 1 aliphatic carbocycles. The molecule has 2 fully saturated rings. The summed E-state index contributed by atoms with van der Waals surface area (Å²) in [7, 11) is 0. The molecule has 3 aromatic rings. The minimum atomic E-state index is -1.03. The van der Waals surface area contributed by atoms with Gasteiger partial charge in [0.1, 0.15) is 29.3 Å². The number of anilines is 2. The SMILES string of the molecule is O=C1C[C@H](c2cc(F)ccc2F)N(c2ccn3ncc(NC(=O)N[C@H]4C[C@H]4F)c3n2)C1. The highest BCUT2D eigenvalue weighted by atomic mass is 19.1. The maximum absolute atomic E-state index is 14.4. The molecule has 1 saturated carbocycles. The number of halogens is 3. The van der Waals surface area contributed by atoms with Crippen molar-refractivity contribution in [3.05, 3.63) is 53.9 Å². The smallest absolute Gasteiger partial charge is 0.319 e. The van der Waals surface area contributed by atoms with Crippen molar-refractivity contribution in [1.82, 2.24) is 19.9 Å². The van der Waals surface area contributed by atoms with Crippen molar-refractivity contribution in [3.63, 3.8) is 0 Å². The molecule has 0 radical (unpaired) electrons. The predicted octanol–water partition coefficient (Wildman–Crippen LogP) is 2.76. The van der Waals surface area contributed by atoms with Crippen LogP contribution in [0.1, 0.15) is 24.4 Å². The highest BCUT2D eigenvalue weighted by Crippen LogP contribution is 2.36. The minimum absolute atomic E-state index is 0.0131. The molecule has 0 bridgehead atoms. The van der Waals surface area contributed by atoms with Crippen LogP contribution >= 0.6 is 0 Å². The largest absolute Gasteiger partial charge is 0.342 e. The van der Waals surface area contributed by atoms with E-state index in [2.05, 4.69) is 20.7 Å². The number of benzene rings is 1. The van der Waals surface area contributed by atoms with Gasteiger partial charge in [0.2, 0.25) is 0 Å². The third-order valence-corrected chi connectivity index (χ3v) is 5.39. The summed E-state index contributed by atoms with van der Waals surface area (Å²) >= 11 is 0. The van der Waals surface area contributed by atoms with Crippen LogP contribution in [0.2, 0.25) is 0 Å². The highest BCUT2D eigenvalue weighted by Gasteiger charge is 2.39. The van der Waals surface area contributed by atoms with E-state index >= 15 is 0 Å². The van der Waals surface area contributed by atoms with Gasteiger partial charge in [-0.3, -0.25) is 4.79 Å². The minimum Gasteiger partial charge on any atom is -0.342 e. The zero-order valence-electron chi connectivity index (χ0n) is 16.1. The number of carbonyl (C=O) groups is 2. The Morgan fingerprint density at radius 1 is 1.23 bits per heavy atom. The van der Waals surface area contributed by atoms with E-state index in [1.54, 1.807) is 17.2 Å². The van der Waals surface area contributed by atoms with Crippen molar-refractivity contribution in [1.29, 1.82) is 0 Å². The van der Waals surface area contributed by atoms with Crippen molar-refractivity contribution in [2.24, 2.45) is 0 Å². The zero-order chi connectivity index (χ0) is 21.7. The third kappa shape index (κ3) is 3.66. The summed E-state index contributed by atoms with van der Waals surface area (Å²) in [4.78, 5) is 30.3. The van der Waals surface area contributed by atoms with Gasteiger partial charge in [-0.1, -0.05) is 0 Å². The van der Waals surface area contributed by atoms with E-state index in [4.69, 9.17) is 0 Å². The fourth-order valence-corrected chi connectivity index (χ4v) is 3.73. The second kappa shape index (κ2) is 7.25. The van der Waals surface area contributed by atoms with E-state index in [0.717, 1.165) is 18.2 Å². The van der Waals surface area contributed by atoms with Crippen LogP contribution in [0.3, 0.4) is 0 Å². The Morgan fingerprint density at radius 2 is 2.03 bits per heavy atom. The summed E-state index contributed by atoms with van der Waals surface area (Å²) in [6.07, 6.45) is 2.25. The Balaban J connectivity index is 1.45. The van der Waals surface area contributed by atoms with Crippen molar-refractivity contribution in [3.8, 4) is 0 Å². The first-order valence-electron chi connectivity index (χ1n) is 9.68. The van der Waals surface area contributed by atoms with E-state index in [9.17, 15) is 22.8 Å². The monoisotopic (exact) mass is 430 g/mol. The van der Waals surface area contributed by atoms with Crippen LogP contribution in [0.25, 0.3) is 5.65 Å². The Hall–Kier alpha value is -3.63. The molecule has 2 aliphatic rings. The lowest BCUT2D eigenvalue weighted by Crippen LogP contribution is -2.31. The van der Waals surface area contributed by atoms with Gasteiger partial charge in [0.15, 0.2) is 11.4 Å². The van der Waals surface area contributed by atoms with Gasteiger partial charge in [-0.2, -0.15) is 5.10 Å². The van der Waals surface area contributed by atoms with Crippen molar-refractivity contribution in [2.45, 2.75) is 31.1 Å². The lowest BCUT2D eigenvalue weighted by molar-refractivity contribution is -0.116. The summed E-state index contributed by atoms with van der Waals surface area (Å²) in [5, 5.41) is 9.19. The van der Waals surface area contributed by atoms with Gasteiger partial charge in [0, 0.05) is 24.6 Å². The van der Waals surface area contributed by atoms with E-state index in [-0.39, 0.29) is 42.1 Å². The number of hydrogen-bond acceptors (Lipinski definition) is 5. The number of amides is 2. The summed E-state index contributed by atoms with van der Waals surface area (Å²) < 4.78 is 42.5. The molecule has 3 heterocycles. The first-order valence-corrected chi connectivity index (χ1v) is 9.68. The number of fused-ring (bicyclic) bond motifs is 1. The molecule has 0 spiro atoms. The third-order valence-electron chi connectivity index (χ3n) is 5.39. The summed E-state index contributed by atoms with van der Waals surface area (Å²) in [5.41, 5.74) is 0.649. The van der Waals surface area contributed by atoms with E-state index in [1.807, 2.05) is 0 Å². The van der Waals surface area contributed by atoms with Crippen LogP contribution in [-0.2, 0) is 4.79 Å². The average Bonchev–Trinajstić information content (AvgIpc) is 3.11. The molecule has 0 unspecified atom stereocenters. The normalized spacial score (nSPS) is 22.7. The number of hydrogen-bond donors (Lipinski definition) is 2. The maximum atomic E-state index is 14.4. The predicted molar refractivity (Wildman–Crippen MR) is 105 cm³/mol. The number of nitrogens with zero attached hydrogens (tertiary/aromatic N) is 4. The maximum Gasteiger partial charge on any atom is 0.319 e. The molecule has 31 heavy (non-hydrogen) atoms. The van der Waals surface area contributed by atoms with E-state index in [1.165, 1.54) is 10.7 Å². The van der Waals surface area contributed by atoms with Crippen molar-refractivity contribution < 1.29 is 22.8 Å². The molecule has 11 heteroatoms. The topological polar surface area (TPSA) is 91.6 Å². The molecular weight excluding hydrogens is 413 g/mol. The first kappa shape index (κ1) is 19.3. The number of alkyl halides is 1. The van der Waals surface area contributed by atoms with Crippen LogP contribution in [0.15, 0.2) is 36.7 Å². The van der Waals surface area contributed by atoms with Gasteiger partial charge in [-0.25, -0.2) is 27.5 Å². The Labute approximate surface area is 174 Å². The van der Waals surface area contributed by atoms with Gasteiger partial charge >= 0.3 is 6.03 Å². The first-order chi connectivity index (χ1) is 14.9. The van der Waals surface area contributed by atoms with Crippen LogP contribution in [-0.4, -0.2) is 45.2 Å². The Kier molecular flexibility index (Phi) is 4.53. The number of aromatic nitrogens is 3. The number of Topliss-reactive ketones (excluding diaryl/α,β-unsaturated/α-hetero) is 1. The number of ketones is 1. The molecule has 160 valence electrons. The molecule has 3 atom stereocenters. The average molecular weight is 430 g/mol. The molecule has 2 amide bonds. The molecular formula is C20H17F3N6O2. The van der Waals surface area contributed by atoms with Crippen LogP contribution < -0.4 is 15.5 Å². The van der Waals surface area contributed by atoms with Gasteiger partial charge in [0.25, 0.3) is 0 Å². The molecule has 1 aromatic carbocycles. The number of carbonyl (C=O) groups excluding carboxylic acids is 2. The Bertz CT molecular complexity index is 1200. The van der Waals surface area contributed by atoms with Gasteiger partial charge in [0.05, 0.1) is 24.8 Å². The lowest BCUT2D eigenvalue weighted by Gasteiger charge is -2.25. The van der Waals surface area contributed by atoms with Gasteiger partial charge in [-0.15, -0.1) is 0 Å². The van der Waals surface area contributed by atoms with Gasteiger partial charge in [-0.05, 0) is 24.3 Å². The fourth-order valence-electron chi connectivity index (χ4n) is 3.73. The summed E-state index contributed by atoms with van der Waals surface area (Å²) in [5.74, 6) is -0.992. The zero-order valence-corrected chi connectivity index (χ0v) is 16.1. The van der Waals surface area contributed by atoms with Gasteiger partial charge < -0.3 is 15.5 Å². The second-order valence-corrected chi connectivity index (χ2v) is 7.62. The molecule has 8 nitrogen and oxygen atoms in total. The van der Waals surface area contributed by atoms with E-state index in [0.29, 0.717) is 5.82 Å². The highest BCUT2D eigenvalue weighted by molar-refractivity contribution is 5.93. The quantitative estimate of drug-likeness (QED) is 0.664. The molecule has 5 rings (SSSR count). The molecule has 2 aromatic heterocycles. The second-order valence-electron chi connectivity index (χ2n) is 7.62. The van der Waals surface area contributed by atoms with Crippen LogP contribution in [0, 0.1) is 11.6 Å². The summed E-state index contributed by atoms with van der Waals surface area (Å²) in [6, 6.07) is 2.94. The van der Waals surface area contributed by atoms with Crippen molar-refractivity contribution in [2.75, 3.05) is 16.8 Å². The Morgan fingerprint density at radius 3 is 2.81 bits per heavy atom. The lowest BCUT2D eigenvalue weighted by atomic mass is 10.0. The van der Waals surface area contributed by atoms with Crippen LogP contribution in [0.4, 0.5) is 29.5 Å². The molecule has 2 N–H and O–H groups in total.